The van der Waals surface area contributed by atoms with Crippen LogP contribution in [0.15, 0.2) is 77.7 Å². The van der Waals surface area contributed by atoms with Crippen LogP contribution in [0.1, 0.15) is 41.3 Å². The van der Waals surface area contributed by atoms with Crippen molar-refractivity contribution in [1.29, 1.82) is 0 Å². The standard InChI is InChI=1S/C24H26N2O3S/c1-17(2)22-12-8-9-18(3)23(22)25-24(27)19-13-15-21(16-14-19)30(28,29)26(4)20-10-6-5-7-11-20/h5-17H,1-4H3,(H,25,27). The summed E-state index contributed by atoms with van der Waals surface area (Å²) in [6.45, 7) is 6.11. The van der Waals surface area contributed by atoms with E-state index in [4.69, 9.17) is 0 Å². The first kappa shape index (κ1) is 21.6. The van der Waals surface area contributed by atoms with Crippen LogP contribution >= 0.6 is 0 Å². The van der Waals surface area contributed by atoms with Crippen LogP contribution < -0.4 is 9.62 Å². The van der Waals surface area contributed by atoms with E-state index in [1.54, 1.807) is 24.3 Å². The first-order chi connectivity index (χ1) is 14.2. The molecule has 0 aliphatic carbocycles. The van der Waals surface area contributed by atoms with Crippen molar-refractivity contribution in [1.82, 2.24) is 0 Å². The molecule has 0 aliphatic heterocycles. The maximum absolute atomic E-state index is 12.9. The molecule has 30 heavy (non-hydrogen) atoms. The van der Waals surface area contributed by atoms with E-state index in [0.29, 0.717) is 11.3 Å². The van der Waals surface area contributed by atoms with Gasteiger partial charge >= 0.3 is 0 Å². The van der Waals surface area contributed by atoms with Gasteiger partial charge in [0, 0.05) is 18.3 Å². The molecule has 1 amide bonds. The van der Waals surface area contributed by atoms with Crippen LogP contribution in [0.3, 0.4) is 0 Å². The molecular weight excluding hydrogens is 396 g/mol. The number of hydrogen-bond donors (Lipinski definition) is 1. The van der Waals surface area contributed by atoms with Crippen LogP contribution in [0.5, 0.6) is 0 Å². The third-order valence-corrected chi connectivity index (χ3v) is 6.86. The number of rotatable bonds is 6. The van der Waals surface area contributed by atoms with Crippen LogP contribution in [0.2, 0.25) is 0 Å². The van der Waals surface area contributed by atoms with E-state index < -0.39 is 10.0 Å². The van der Waals surface area contributed by atoms with Crippen LogP contribution in [0.4, 0.5) is 11.4 Å². The molecule has 5 nitrogen and oxygen atoms in total. The highest BCUT2D eigenvalue weighted by molar-refractivity contribution is 7.92. The molecule has 0 unspecified atom stereocenters. The first-order valence-electron chi connectivity index (χ1n) is 9.76. The number of amides is 1. The highest BCUT2D eigenvalue weighted by atomic mass is 32.2. The Morgan fingerprint density at radius 1 is 0.900 bits per heavy atom. The lowest BCUT2D eigenvalue weighted by Crippen LogP contribution is -2.26. The zero-order valence-electron chi connectivity index (χ0n) is 17.6. The van der Waals surface area contributed by atoms with E-state index in [1.807, 2.05) is 31.2 Å². The number of anilines is 2. The third kappa shape index (κ3) is 4.39. The molecule has 0 saturated heterocycles. The summed E-state index contributed by atoms with van der Waals surface area (Å²) in [5.41, 5.74) is 3.82. The molecule has 0 heterocycles. The molecule has 1 N–H and O–H groups in total. The molecule has 3 rings (SSSR count). The summed E-state index contributed by atoms with van der Waals surface area (Å²) in [7, 11) is -2.21. The Hall–Kier alpha value is -3.12. The summed E-state index contributed by atoms with van der Waals surface area (Å²) in [5, 5.41) is 2.98. The van der Waals surface area contributed by atoms with E-state index in [0.717, 1.165) is 16.8 Å². The molecular formula is C24H26N2O3S. The summed E-state index contributed by atoms with van der Waals surface area (Å²) >= 11 is 0. The van der Waals surface area contributed by atoms with Crippen molar-refractivity contribution in [3.05, 3.63) is 89.5 Å². The Bertz CT molecular complexity index is 1140. The van der Waals surface area contributed by atoms with Gasteiger partial charge in [0.2, 0.25) is 0 Å². The van der Waals surface area contributed by atoms with E-state index in [-0.39, 0.29) is 16.7 Å². The Kier molecular flexibility index (Phi) is 6.27. The number of nitrogens with one attached hydrogen (secondary N) is 1. The smallest absolute Gasteiger partial charge is 0.264 e. The predicted molar refractivity (Wildman–Crippen MR) is 122 cm³/mol. The zero-order valence-corrected chi connectivity index (χ0v) is 18.4. The molecule has 0 bridgehead atoms. The predicted octanol–water partition coefficient (Wildman–Crippen LogP) is 5.20. The number of sulfonamides is 1. The second-order valence-electron chi connectivity index (χ2n) is 7.48. The zero-order chi connectivity index (χ0) is 21.9. The van der Waals surface area contributed by atoms with Gasteiger partial charge in [0.15, 0.2) is 0 Å². The van der Waals surface area contributed by atoms with Crippen molar-refractivity contribution in [2.24, 2.45) is 0 Å². The van der Waals surface area contributed by atoms with Crippen molar-refractivity contribution in [3.8, 4) is 0 Å². The summed E-state index contributed by atoms with van der Waals surface area (Å²) in [6.07, 6.45) is 0. The van der Waals surface area contributed by atoms with Crippen LogP contribution in [0, 0.1) is 6.92 Å². The number of benzene rings is 3. The number of carbonyl (C=O) groups is 1. The number of para-hydroxylation sites is 2. The van der Waals surface area contributed by atoms with Crippen LogP contribution in [-0.2, 0) is 10.0 Å². The summed E-state index contributed by atoms with van der Waals surface area (Å²) < 4.78 is 27.0. The Morgan fingerprint density at radius 3 is 2.13 bits per heavy atom. The van der Waals surface area contributed by atoms with Crippen LogP contribution in [-0.4, -0.2) is 21.4 Å². The quantitative estimate of drug-likeness (QED) is 0.594. The molecule has 156 valence electrons. The van der Waals surface area contributed by atoms with E-state index in [1.165, 1.54) is 35.6 Å². The minimum absolute atomic E-state index is 0.129. The fourth-order valence-corrected chi connectivity index (χ4v) is 4.44. The Balaban J connectivity index is 1.83. The van der Waals surface area contributed by atoms with Crippen molar-refractivity contribution in [2.45, 2.75) is 31.6 Å². The molecule has 0 radical (unpaired) electrons. The number of nitrogens with zero attached hydrogens (tertiary/aromatic N) is 1. The van der Waals surface area contributed by atoms with E-state index in [2.05, 4.69) is 19.2 Å². The van der Waals surface area contributed by atoms with Gasteiger partial charge in [0.1, 0.15) is 0 Å². The molecule has 0 spiro atoms. The van der Waals surface area contributed by atoms with Gasteiger partial charge < -0.3 is 5.32 Å². The highest BCUT2D eigenvalue weighted by Crippen LogP contribution is 2.28. The average molecular weight is 423 g/mol. The Labute approximate surface area is 178 Å². The van der Waals surface area contributed by atoms with Gasteiger partial charge in [0.25, 0.3) is 15.9 Å². The van der Waals surface area contributed by atoms with Gasteiger partial charge in [0.05, 0.1) is 10.6 Å². The molecule has 0 aliphatic rings. The van der Waals surface area contributed by atoms with Crippen LogP contribution in [0.25, 0.3) is 0 Å². The minimum Gasteiger partial charge on any atom is -0.321 e. The first-order valence-corrected chi connectivity index (χ1v) is 11.2. The fourth-order valence-electron chi connectivity index (χ4n) is 3.24. The van der Waals surface area contributed by atoms with Gasteiger partial charge in [-0.15, -0.1) is 0 Å². The third-order valence-electron chi connectivity index (χ3n) is 5.06. The summed E-state index contributed by atoms with van der Waals surface area (Å²) in [5.74, 6) is -0.00666. The van der Waals surface area contributed by atoms with Gasteiger partial charge in [-0.3, -0.25) is 9.10 Å². The summed E-state index contributed by atoms with van der Waals surface area (Å²) in [6, 6.07) is 20.8. The highest BCUT2D eigenvalue weighted by Gasteiger charge is 2.22. The monoisotopic (exact) mass is 422 g/mol. The maximum Gasteiger partial charge on any atom is 0.264 e. The fraction of sp³-hybridized carbons (Fsp3) is 0.208. The van der Waals surface area contributed by atoms with E-state index in [9.17, 15) is 13.2 Å². The maximum atomic E-state index is 12.9. The van der Waals surface area contributed by atoms with Crippen molar-refractivity contribution in [2.75, 3.05) is 16.7 Å². The van der Waals surface area contributed by atoms with Crippen molar-refractivity contribution in [3.63, 3.8) is 0 Å². The molecule has 3 aromatic rings. The molecule has 0 atom stereocenters. The lowest BCUT2D eigenvalue weighted by Gasteiger charge is -2.19. The van der Waals surface area contributed by atoms with Gasteiger partial charge in [-0.1, -0.05) is 50.2 Å². The van der Waals surface area contributed by atoms with E-state index >= 15 is 0 Å². The topological polar surface area (TPSA) is 66.5 Å². The second-order valence-corrected chi connectivity index (χ2v) is 9.45. The average Bonchev–Trinajstić information content (AvgIpc) is 2.75. The van der Waals surface area contributed by atoms with Gasteiger partial charge in [-0.05, 0) is 60.4 Å². The number of hydrogen-bond acceptors (Lipinski definition) is 3. The molecule has 0 fully saturated rings. The molecule has 0 aromatic heterocycles. The molecule has 3 aromatic carbocycles. The molecule has 6 heteroatoms. The number of carbonyl (C=O) groups excluding carboxylic acids is 1. The second kappa shape index (κ2) is 8.71. The van der Waals surface area contributed by atoms with Gasteiger partial charge in [-0.25, -0.2) is 8.42 Å². The number of aryl methyl sites for hydroxylation is 1. The van der Waals surface area contributed by atoms with Gasteiger partial charge in [-0.2, -0.15) is 0 Å². The normalized spacial score (nSPS) is 11.4. The SMILES string of the molecule is Cc1cccc(C(C)C)c1NC(=O)c1ccc(S(=O)(=O)N(C)c2ccccc2)cc1. The minimum atomic E-state index is -3.72. The van der Waals surface area contributed by atoms with Crippen molar-refractivity contribution >= 4 is 27.3 Å². The molecule has 0 saturated carbocycles. The lowest BCUT2D eigenvalue weighted by molar-refractivity contribution is 0.102. The summed E-state index contributed by atoms with van der Waals surface area (Å²) in [4.78, 5) is 12.9. The largest absolute Gasteiger partial charge is 0.321 e. The van der Waals surface area contributed by atoms with Crippen molar-refractivity contribution < 1.29 is 13.2 Å². The lowest BCUT2D eigenvalue weighted by atomic mass is 9.98. The Morgan fingerprint density at radius 2 is 1.53 bits per heavy atom.